The second-order valence-corrected chi connectivity index (χ2v) is 15.2. The van der Waals surface area contributed by atoms with Gasteiger partial charge in [0.25, 0.3) is 0 Å². The molecule has 10 nitrogen and oxygen atoms in total. The molecule has 0 bridgehead atoms. The van der Waals surface area contributed by atoms with E-state index >= 15 is 4.39 Å². The second kappa shape index (κ2) is 16.9. The first-order valence-electron chi connectivity index (χ1n) is 16.0. The third kappa shape index (κ3) is 12.3. The van der Waals surface area contributed by atoms with Crippen LogP contribution in [-0.2, 0) is 25.7 Å². The third-order valence-corrected chi connectivity index (χ3v) is 8.41. The van der Waals surface area contributed by atoms with Crippen molar-refractivity contribution in [3.8, 4) is 11.3 Å². The normalized spacial score (nSPS) is 13.0. The number of imidazole rings is 1. The van der Waals surface area contributed by atoms with Gasteiger partial charge in [0.05, 0.1) is 18.2 Å². The molecule has 2 amide bonds. The first-order chi connectivity index (χ1) is 22.8. The van der Waals surface area contributed by atoms with Gasteiger partial charge in [0, 0.05) is 56.4 Å². The van der Waals surface area contributed by atoms with Crippen molar-refractivity contribution in [2.45, 2.75) is 79.5 Å². The zero-order chi connectivity index (χ0) is 36.5. The Morgan fingerprint density at radius 2 is 1.69 bits per heavy atom. The fourth-order valence-electron chi connectivity index (χ4n) is 5.31. The van der Waals surface area contributed by atoms with Crippen LogP contribution in [0.2, 0.25) is 0 Å². The molecule has 2 aromatic carbocycles. The predicted octanol–water partition coefficient (Wildman–Crippen LogP) is 7.08. The summed E-state index contributed by atoms with van der Waals surface area (Å²) >= 11 is 1.04. The van der Waals surface area contributed by atoms with Crippen LogP contribution in [0, 0.1) is 23.0 Å². The Kier molecular flexibility index (Phi) is 13.5. The number of carboxylic acid groups (broad SMARTS) is 1. The standard InChI is InChI=1S/C36H46F2N4O6S/c1-23(43)49-22-25(18-39-34(47)48-36(5,6)7)20-42(30(44)15-16-31(45)46)32(35(2,3)4)33-40-29(27-17-26(37)13-14-28(27)38)21-41(33)19-24-11-9-8-10-12-24/h8-14,17,21,25,32H,15-16,18-20,22H2,1-7H3,(H,39,47)(H,45,46)/t25?,32-/m0/s1. The Morgan fingerprint density at radius 1 is 1.02 bits per heavy atom. The number of carbonyl (C=O) groups is 4. The van der Waals surface area contributed by atoms with E-state index in [0.29, 0.717) is 5.82 Å². The predicted molar refractivity (Wildman–Crippen MR) is 185 cm³/mol. The lowest BCUT2D eigenvalue weighted by molar-refractivity contribution is -0.143. The number of hydrogen-bond donors (Lipinski definition) is 2. The average Bonchev–Trinajstić information content (AvgIpc) is 3.39. The quantitative estimate of drug-likeness (QED) is 0.183. The van der Waals surface area contributed by atoms with E-state index in [1.807, 2.05) is 51.1 Å². The molecule has 13 heteroatoms. The molecule has 0 fully saturated rings. The Hall–Kier alpha value is -4.26. The Labute approximate surface area is 290 Å². The fourth-order valence-corrected chi connectivity index (χ4v) is 6.01. The first-order valence-corrected chi connectivity index (χ1v) is 17.0. The lowest BCUT2D eigenvalue weighted by atomic mass is 9.84. The summed E-state index contributed by atoms with van der Waals surface area (Å²) in [6, 6.07) is 11.7. The van der Waals surface area contributed by atoms with Crippen molar-refractivity contribution in [3.05, 3.63) is 77.8 Å². The molecule has 266 valence electrons. The van der Waals surface area contributed by atoms with E-state index in [-0.39, 0.29) is 48.2 Å². The molecule has 0 aliphatic rings. The molecule has 0 spiro atoms. The number of aromatic nitrogens is 2. The SMILES string of the molecule is CC(=O)SCC(CNC(=O)OC(C)(C)C)CN(C(=O)CCC(=O)O)[C@@H](c1nc(-c2cc(F)ccc2F)cn1Cc1ccccc1)C(C)(C)C. The van der Waals surface area contributed by atoms with Crippen LogP contribution in [0.1, 0.15) is 78.7 Å². The van der Waals surface area contributed by atoms with E-state index in [1.165, 1.54) is 6.92 Å². The van der Waals surface area contributed by atoms with Gasteiger partial charge in [0.2, 0.25) is 5.91 Å². The maximum atomic E-state index is 15.1. The highest BCUT2D eigenvalue weighted by Crippen LogP contribution is 2.40. The Morgan fingerprint density at radius 3 is 2.29 bits per heavy atom. The summed E-state index contributed by atoms with van der Waals surface area (Å²) in [5.41, 5.74) is -0.487. The van der Waals surface area contributed by atoms with E-state index < -0.39 is 59.0 Å². The molecule has 0 aliphatic carbocycles. The smallest absolute Gasteiger partial charge is 0.407 e. The van der Waals surface area contributed by atoms with Gasteiger partial charge in [-0.1, -0.05) is 62.9 Å². The molecule has 1 heterocycles. The molecule has 0 saturated heterocycles. The zero-order valence-electron chi connectivity index (χ0n) is 29.1. The summed E-state index contributed by atoms with van der Waals surface area (Å²) in [7, 11) is 0. The highest BCUT2D eigenvalue weighted by Gasteiger charge is 2.39. The monoisotopic (exact) mass is 700 g/mol. The number of rotatable bonds is 14. The number of nitrogens with zero attached hydrogens (tertiary/aromatic N) is 3. The van der Waals surface area contributed by atoms with Crippen molar-refractivity contribution in [1.29, 1.82) is 0 Å². The van der Waals surface area contributed by atoms with Gasteiger partial charge in [-0.25, -0.2) is 18.6 Å². The first kappa shape index (κ1) is 39.2. The van der Waals surface area contributed by atoms with Gasteiger partial charge >= 0.3 is 12.1 Å². The molecular formula is C36H46F2N4O6S. The van der Waals surface area contributed by atoms with E-state index in [2.05, 4.69) is 5.32 Å². The van der Waals surface area contributed by atoms with Crippen LogP contribution < -0.4 is 5.32 Å². The topological polar surface area (TPSA) is 131 Å². The van der Waals surface area contributed by atoms with Crippen molar-refractivity contribution in [2.24, 2.45) is 11.3 Å². The minimum atomic E-state index is -1.15. The Balaban J connectivity index is 2.18. The van der Waals surface area contributed by atoms with Crippen LogP contribution in [0.3, 0.4) is 0 Å². The minimum absolute atomic E-state index is 0.0122. The molecule has 3 aromatic rings. The second-order valence-electron chi connectivity index (χ2n) is 14.0. The summed E-state index contributed by atoms with van der Waals surface area (Å²) < 4.78 is 36.6. The van der Waals surface area contributed by atoms with E-state index in [0.717, 1.165) is 35.5 Å². The van der Waals surface area contributed by atoms with Crippen LogP contribution in [0.5, 0.6) is 0 Å². The third-order valence-electron chi connectivity index (χ3n) is 7.37. The van der Waals surface area contributed by atoms with Gasteiger partial charge in [-0.05, 0) is 49.9 Å². The number of benzene rings is 2. The van der Waals surface area contributed by atoms with Crippen LogP contribution in [0.4, 0.5) is 13.6 Å². The van der Waals surface area contributed by atoms with E-state index in [9.17, 15) is 28.7 Å². The summed E-state index contributed by atoms with van der Waals surface area (Å²) in [6.45, 7) is 12.7. The molecule has 0 radical (unpaired) electrons. The van der Waals surface area contributed by atoms with Gasteiger partial charge in [-0.2, -0.15) is 0 Å². The van der Waals surface area contributed by atoms with Crippen molar-refractivity contribution in [2.75, 3.05) is 18.8 Å². The molecule has 49 heavy (non-hydrogen) atoms. The number of carbonyl (C=O) groups excluding carboxylic acids is 3. The number of alkyl carbamates (subject to hydrolysis) is 1. The van der Waals surface area contributed by atoms with Gasteiger partial charge in [-0.3, -0.25) is 14.4 Å². The van der Waals surface area contributed by atoms with E-state index in [1.54, 1.807) is 36.4 Å². The largest absolute Gasteiger partial charge is 0.481 e. The fraction of sp³-hybridized carbons (Fsp3) is 0.472. The van der Waals surface area contributed by atoms with Crippen LogP contribution in [0.25, 0.3) is 11.3 Å². The number of thioether (sulfide) groups is 1. The highest BCUT2D eigenvalue weighted by molar-refractivity contribution is 8.13. The Bertz CT molecular complexity index is 1620. The van der Waals surface area contributed by atoms with Gasteiger partial charge in [0.15, 0.2) is 5.12 Å². The molecule has 1 unspecified atom stereocenters. The molecule has 0 aliphatic heterocycles. The number of amides is 2. The maximum absolute atomic E-state index is 15.1. The maximum Gasteiger partial charge on any atom is 0.407 e. The molecule has 2 N–H and O–H groups in total. The van der Waals surface area contributed by atoms with E-state index in [4.69, 9.17) is 9.72 Å². The van der Waals surface area contributed by atoms with Gasteiger partial charge in [-0.15, -0.1) is 0 Å². The van der Waals surface area contributed by atoms with Crippen LogP contribution in [0.15, 0.2) is 54.7 Å². The number of nitrogens with one attached hydrogen (secondary N) is 1. The number of carboxylic acids is 1. The summed E-state index contributed by atoms with van der Waals surface area (Å²) in [4.78, 5) is 56.7. The van der Waals surface area contributed by atoms with Crippen molar-refractivity contribution in [3.63, 3.8) is 0 Å². The molecule has 3 rings (SSSR count). The van der Waals surface area contributed by atoms with Crippen molar-refractivity contribution >= 4 is 34.8 Å². The lowest BCUT2D eigenvalue weighted by Crippen LogP contribution is -2.47. The van der Waals surface area contributed by atoms with Crippen molar-refractivity contribution < 1.29 is 37.8 Å². The average molecular weight is 701 g/mol. The number of aliphatic carboxylic acids is 1. The van der Waals surface area contributed by atoms with Crippen molar-refractivity contribution in [1.82, 2.24) is 19.8 Å². The van der Waals surface area contributed by atoms with Crippen LogP contribution >= 0.6 is 11.8 Å². The molecule has 0 saturated carbocycles. The molecule has 2 atom stereocenters. The minimum Gasteiger partial charge on any atom is -0.481 e. The molecular weight excluding hydrogens is 654 g/mol. The highest BCUT2D eigenvalue weighted by atomic mass is 32.2. The number of hydrogen-bond acceptors (Lipinski definition) is 7. The van der Waals surface area contributed by atoms with Crippen LogP contribution in [-0.4, -0.2) is 67.1 Å². The lowest BCUT2D eigenvalue weighted by Gasteiger charge is -2.41. The van der Waals surface area contributed by atoms with Gasteiger partial charge in [0.1, 0.15) is 23.1 Å². The molecule has 1 aromatic heterocycles. The summed E-state index contributed by atoms with van der Waals surface area (Å²) in [5.74, 6) is -2.81. The van der Waals surface area contributed by atoms with Gasteiger partial charge < -0.3 is 24.6 Å². The summed E-state index contributed by atoms with van der Waals surface area (Å²) in [6.07, 6.45) is 0.208. The zero-order valence-corrected chi connectivity index (χ0v) is 29.9. The number of ether oxygens (including phenoxy) is 1. The number of halogens is 2. The summed E-state index contributed by atoms with van der Waals surface area (Å²) in [5, 5.41) is 12.0.